The van der Waals surface area contributed by atoms with Gasteiger partial charge in [-0.05, 0) is 42.4 Å². The molecular formula is C15H23F. The number of hydrogen-bond donors (Lipinski definition) is 0. The molecule has 16 heavy (non-hydrogen) atoms. The summed E-state index contributed by atoms with van der Waals surface area (Å²) in [5.74, 6) is 0.889. The van der Waals surface area contributed by atoms with Crippen molar-refractivity contribution in [3.63, 3.8) is 0 Å². The quantitative estimate of drug-likeness (QED) is 0.664. The lowest BCUT2D eigenvalue weighted by Gasteiger charge is -2.20. The van der Waals surface area contributed by atoms with Gasteiger partial charge < -0.3 is 0 Å². The molecule has 0 bridgehead atoms. The van der Waals surface area contributed by atoms with Crippen molar-refractivity contribution in [1.82, 2.24) is 0 Å². The molecule has 0 aliphatic carbocycles. The van der Waals surface area contributed by atoms with Crippen molar-refractivity contribution in [3.05, 3.63) is 34.9 Å². The average Bonchev–Trinajstić information content (AvgIpc) is 2.15. The van der Waals surface area contributed by atoms with Crippen LogP contribution in [0, 0.1) is 0 Å². The summed E-state index contributed by atoms with van der Waals surface area (Å²) in [5, 5.41) is 0. The normalized spacial score (nSPS) is 12.6. The Morgan fingerprint density at radius 1 is 0.875 bits per heavy atom. The summed E-state index contributed by atoms with van der Waals surface area (Å²) in [5.41, 5.74) is 2.00. The van der Waals surface area contributed by atoms with Gasteiger partial charge in [0.2, 0.25) is 0 Å². The van der Waals surface area contributed by atoms with Crippen LogP contribution in [0.5, 0.6) is 0 Å². The van der Waals surface area contributed by atoms with Crippen LogP contribution in [0.2, 0.25) is 0 Å². The molecule has 1 heteroatoms. The zero-order chi connectivity index (χ0) is 12.5. The molecule has 0 unspecified atom stereocenters. The van der Waals surface area contributed by atoms with Crippen LogP contribution in [-0.4, -0.2) is 0 Å². The molecule has 0 atom stereocenters. The molecule has 0 fully saturated rings. The van der Waals surface area contributed by atoms with Crippen molar-refractivity contribution in [3.8, 4) is 0 Å². The molecule has 1 aromatic rings. The van der Waals surface area contributed by atoms with Gasteiger partial charge in [0.25, 0.3) is 0 Å². The lowest BCUT2D eigenvalue weighted by molar-refractivity contribution is 0.221. The predicted octanol–water partition coefficient (Wildman–Crippen LogP) is 5.14. The van der Waals surface area contributed by atoms with E-state index in [1.807, 2.05) is 12.1 Å². The van der Waals surface area contributed by atoms with Gasteiger partial charge in [0, 0.05) is 0 Å². The molecule has 0 heterocycles. The zero-order valence-corrected chi connectivity index (χ0v) is 11.3. The summed E-state index contributed by atoms with van der Waals surface area (Å²) >= 11 is 0. The van der Waals surface area contributed by atoms with Crippen molar-refractivity contribution >= 4 is 0 Å². The van der Waals surface area contributed by atoms with Gasteiger partial charge in [0.1, 0.15) is 5.67 Å². The van der Waals surface area contributed by atoms with Crippen LogP contribution < -0.4 is 0 Å². The summed E-state index contributed by atoms with van der Waals surface area (Å²) in [4.78, 5) is 0. The first-order valence-corrected chi connectivity index (χ1v) is 6.06. The molecule has 90 valence electrons. The summed E-state index contributed by atoms with van der Waals surface area (Å²) in [6.07, 6.45) is 0. The Hall–Kier alpha value is -0.850. The van der Waals surface area contributed by atoms with Crippen molar-refractivity contribution < 1.29 is 4.39 Å². The minimum atomic E-state index is -1.26. The highest BCUT2D eigenvalue weighted by atomic mass is 19.1. The predicted molar refractivity (Wildman–Crippen MR) is 68.8 cm³/mol. The molecule has 0 saturated carbocycles. The standard InChI is InChI=1S/C15H23F/c1-10(2)12-7-13(11(3)4)9-14(8-12)15(5,6)16/h7-11H,1-6H3. The third-order valence-corrected chi connectivity index (χ3v) is 3.00. The van der Waals surface area contributed by atoms with Crippen LogP contribution in [0.1, 0.15) is 70.1 Å². The Bertz CT molecular complexity index is 330. The summed E-state index contributed by atoms with van der Waals surface area (Å²) in [7, 11) is 0. The van der Waals surface area contributed by atoms with Gasteiger partial charge in [-0.3, -0.25) is 0 Å². The zero-order valence-electron chi connectivity index (χ0n) is 11.3. The molecule has 0 aliphatic heterocycles. The molecule has 1 aromatic carbocycles. The SMILES string of the molecule is CC(C)c1cc(C(C)C)cc(C(C)(C)F)c1. The second-order valence-electron chi connectivity index (χ2n) is 5.67. The van der Waals surface area contributed by atoms with Crippen LogP contribution in [-0.2, 0) is 5.67 Å². The van der Waals surface area contributed by atoms with Gasteiger partial charge in [0.15, 0.2) is 0 Å². The third kappa shape index (κ3) is 3.07. The van der Waals surface area contributed by atoms with Crippen LogP contribution >= 0.6 is 0 Å². The van der Waals surface area contributed by atoms with Crippen molar-refractivity contribution in [2.24, 2.45) is 0 Å². The van der Waals surface area contributed by atoms with E-state index in [0.717, 1.165) is 5.56 Å². The van der Waals surface area contributed by atoms with E-state index in [9.17, 15) is 4.39 Å². The fraction of sp³-hybridized carbons (Fsp3) is 0.600. The minimum Gasteiger partial charge on any atom is -0.239 e. The Balaban J connectivity index is 3.30. The number of alkyl halides is 1. The van der Waals surface area contributed by atoms with E-state index in [1.54, 1.807) is 13.8 Å². The smallest absolute Gasteiger partial charge is 0.130 e. The molecule has 0 saturated heterocycles. The number of benzene rings is 1. The Kier molecular flexibility index (Phi) is 3.77. The molecule has 0 radical (unpaired) electrons. The topological polar surface area (TPSA) is 0 Å². The van der Waals surface area contributed by atoms with Crippen molar-refractivity contribution in [1.29, 1.82) is 0 Å². The van der Waals surface area contributed by atoms with Gasteiger partial charge in [0.05, 0.1) is 0 Å². The molecular weight excluding hydrogens is 199 g/mol. The highest BCUT2D eigenvalue weighted by molar-refractivity contribution is 5.36. The Labute approximate surface area is 98.9 Å². The van der Waals surface area contributed by atoms with Crippen molar-refractivity contribution in [2.45, 2.75) is 59.0 Å². The molecule has 0 spiro atoms. The monoisotopic (exact) mass is 222 g/mol. The fourth-order valence-corrected chi connectivity index (χ4v) is 1.69. The van der Waals surface area contributed by atoms with E-state index in [4.69, 9.17) is 0 Å². The highest BCUT2D eigenvalue weighted by Gasteiger charge is 2.20. The lowest BCUT2D eigenvalue weighted by Crippen LogP contribution is -2.11. The second-order valence-corrected chi connectivity index (χ2v) is 5.67. The fourth-order valence-electron chi connectivity index (χ4n) is 1.69. The maximum atomic E-state index is 14.0. The maximum Gasteiger partial charge on any atom is 0.130 e. The van der Waals surface area contributed by atoms with Gasteiger partial charge in [-0.1, -0.05) is 45.9 Å². The molecule has 0 aliphatic rings. The average molecular weight is 222 g/mol. The highest BCUT2D eigenvalue weighted by Crippen LogP contribution is 2.31. The van der Waals surface area contributed by atoms with Crippen molar-refractivity contribution in [2.75, 3.05) is 0 Å². The summed E-state index contributed by atoms with van der Waals surface area (Å²) in [6, 6.07) is 6.19. The third-order valence-electron chi connectivity index (χ3n) is 3.00. The van der Waals surface area contributed by atoms with Crippen LogP contribution in [0.25, 0.3) is 0 Å². The van der Waals surface area contributed by atoms with Crippen LogP contribution in [0.3, 0.4) is 0 Å². The van der Waals surface area contributed by atoms with E-state index in [-0.39, 0.29) is 0 Å². The van der Waals surface area contributed by atoms with E-state index < -0.39 is 5.67 Å². The van der Waals surface area contributed by atoms with E-state index in [0.29, 0.717) is 11.8 Å². The summed E-state index contributed by atoms with van der Waals surface area (Å²) in [6.45, 7) is 11.8. The molecule has 0 N–H and O–H groups in total. The molecule has 0 nitrogen and oxygen atoms in total. The van der Waals surface area contributed by atoms with Crippen LogP contribution in [0.4, 0.5) is 4.39 Å². The molecule has 0 amide bonds. The first-order chi connectivity index (χ1) is 7.21. The first kappa shape index (κ1) is 13.2. The first-order valence-electron chi connectivity index (χ1n) is 6.06. The number of rotatable bonds is 3. The maximum absolute atomic E-state index is 14.0. The summed E-state index contributed by atoms with van der Waals surface area (Å²) < 4.78 is 14.0. The molecule has 1 rings (SSSR count). The Morgan fingerprint density at radius 2 is 1.25 bits per heavy atom. The van der Waals surface area contributed by atoms with Gasteiger partial charge >= 0.3 is 0 Å². The van der Waals surface area contributed by atoms with E-state index in [1.165, 1.54) is 11.1 Å². The number of hydrogen-bond acceptors (Lipinski definition) is 0. The number of halogens is 1. The largest absolute Gasteiger partial charge is 0.239 e. The van der Waals surface area contributed by atoms with E-state index in [2.05, 4.69) is 33.8 Å². The minimum absolute atomic E-state index is 0.444. The lowest BCUT2D eigenvalue weighted by atomic mass is 9.89. The van der Waals surface area contributed by atoms with Gasteiger partial charge in [-0.15, -0.1) is 0 Å². The van der Waals surface area contributed by atoms with Crippen LogP contribution in [0.15, 0.2) is 18.2 Å². The Morgan fingerprint density at radius 3 is 1.50 bits per heavy atom. The van der Waals surface area contributed by atoms with E-state index >= 15 is 0 Å². The second kappa shape index (κ2) is 4.57. The molecule has 0 aromatic heterocycles. The van der Waals surface area contributed by atoms with Gasteiger partial charge in [-0.2, -0.15) is 0 Å². The van der Waals surface area contributed by atoms with Gasteiger partial charge in [-0.25, -0.2) is 4.39 Å².